The van der Waals surface area contributed by atoms with Gasteiger partial charge in [0, 0.05) is 38.2 Å². The van der Waals surface area contributed by atoms with E-state index in [4.69, 9.17) is 25.8 Å². The summed E-state index contributed by atoms with van der Waals surface area (Å²) in [7, 11) is 0. The molecule has 0 bridgehead atoms. The minimum absolute atomic E-state index is 0.236. The molecule has 3 atom stereocenters. The van der Waals surface area contributed by atoms with Gasteiger partial charge in [0.25, 0.3) is 5.97 Å². The third kappa shape index (κ3) is 8.82. The van der Waals surface area contributed by atoms with Crippen LogP contribution in [0.25, 0.3) is 0 Å². The first-order valence-electron chi connectivity index (χ1n) is 9.50. The van der Waals surface area contributed by atoms with Crippen molar-refractivity contribution in [1.82, 2.24) is 20.2 Å². The van der Waals surface area contributed by atoms with Gasteiger partial charge >= 0.3 is 11.9 Å². The Labute approximate surface area is 177 Å². The zero-order valence-electron chi connectivity index (χ0n) is 17.0. The standard InChI is InChI=1S/C16H23N5O6.C2H4O2/c17-10(6-9-7-18-8-19-9)15(25)21-5-1-2-12(21)14(24)20-11(16(26)27)3-4-13(22)23;1-2(3)4/h7-8,10-12H,1-6,17H2,(H,18,19)(H,20,24)(H,22,23)(H,26,27);1H3,(H,3,4). The van der Waals surface area contributed by atoms with Gasteiger partial charge in [0.05, 0.1) is 12.4 Å². The number of rotatable bonds is 9. The molecule has 3 unspecified atom stereocenters. The molecule has 0 spiro atoms. The van der Waals surface area contributed by atoms with Crippen LogP contribution in [-0.4, -0.2) is 84.6 Å². The minimum atomic E-state index is -1.33. The summed E-state index contributed by atoms with van der Waals surface area (Å²) in [4.78, 5) is 64.0. The van der Waals surface area contributed by atoms with Gasteiger partial charge in [-0.2, -0.15) is 0 Å². The molecule has 0 aromatic carbocycles. The maximum atomic E-state index is 12.6. The van der Waals surface area contributed by atoms with Crippen LogP contribution >= 0.6 is 0 Å². The Morgan fingerprint density at radius 3 is 2.45 bits per heavy atom. The van der Waals surface area contributed by atoms with Gasteiger partial charge in [0.15, 0.2) is 0 Å². The van der Waals surface area contributed by atoms with Crippen molar-refractivity contribution >= 4 is 29.7 Å². The second-order valence-electron chi connectivity index (χ2n) is 6.93. The lowest BCUT2D eigenvalue weighted by Crippen LogP contribution is -2.54. The van der Waals surface area contributed by atoms with Crippen LogP contribution in [0.2, 0.25) is 0 Å². The molecule has 13 heteroatoms. The first-order chi connectivity index (χ1) is 14.5. The number of likely N-dealkylation sites (tertiary alicyclic amines) is 1. The fourth-order valence-corrected chi connectivity index (χ4v) is 3.03. The lowest BCUT2D eigenvalue weighted by Gasteiger charge is -2.27. The Hall–Kier alpha value is -3.48. The molecule has 172 valence electrons. The van der Waals surface area contributed by atoms with Crippen LogP contribution in [0.4, 0.5) is 0 Å². The van der Waals surface area contributed by atoms with Crippen LogP contribution in [0, 0.1) is 0 Å². The van der Waals surface area contributed by atoms with Crippen molar-refractivity contribution in [2.45, 2.75) is 57.2 Å². The lowest BCUT2D eigenvalue weighted by molar-refractivity contribution is -0.145. The number of imidazole rings is 1. The van der Waals surface area contributed by atoms with Crippen molar-refractivity contribution in [2.75, 3.05) is 6.54 Å². The number of carboxylic acids is 3. The van der Waals surface area contributed by atoms with E-state index in [1.807, 2.05) is 0 Å². The number of aliphatic carboxylic acids is 3. The van der Waals surface area contributed by atoms with Crippen LogP contribution in [0.5, 0.6) is 0 Å². The molecule has 1 aromatic rings. The highest BCUT2D eigenvalue weighted by Crippen LogP contribution is 2.19. The molecule has 1 aromatic heterocycles. The molecular formula is C18H27N5O8. The maximum Gasteiger partial charge on any atom is 0.326 e. The quantitative estimate of drug-likeness (QED) is 0.269. The summed E-state index contributed by atoms with van der Waals surface area (Å²) in [5.74, 6) is -4.33. The Morgan fingerprint density at radius 2 is 1.94 bits per heavy atom. The summed E-state index contributed by atoms with van der Waals surface area (Å²) >= 11 is 0. The van der Waals surface area contributed by atoms with E-state index in [0.717, 1.165) is 6.92 Å². The topological polar surface area (TPSA) is 216 Å². The first kappa shape index (κ1) is 25.6. The molecule has 1 aliphatic rings. The number of nitrogens with two attached hydrogens (primary N) is 1. The fourth-order valence-electron chi connectivity index (χ4n) is 3.03. The van der Waals surface area contributed by atoms with Gasteiger partial charge in [-0.25, -0.2) is 9.78 Å². The zero-order valence-corrected chi connectivity index (χ0v) is 17.0. The van der Waals surface area contributed by atoms with Crippen molar-refractivity contribution in [3.8, 4) is 0 Å². The van der Waals surface area contributed by atoms with Gasteiger partial charge in [0.1, 0.15) is 12.1 Å². The molecule has 0 saturated carbocycles. The summed E-state index contributed by atoms with van der Waals surface area (Å²) in [5.41, 5.74) is 6.64. The highest BCUT2D eigenvalue weighted by atomic mass is 16.4. The van der Waals surface area contributed by atoms with Crippen molar-refractivity contribution in [1.29, 1.82) is 0 Å². The molecule has 1 fully saturated rings. The minimum Gasteiger partial charge on any atom is -0.481 e. The number of hydrogen-bond donors (Lipinski definition) is 6. The van der Waals surface area contributed by atoms with E-state index in [9.17, 15) is 19.2 Å². The molecule has 0 radical (unpaired) electrons. The largest absolute Gasteiger partial charge is 0.481 e. The van der Waals surface area contributed by atoms with E-state index in [0.29, 0.717) is 25.1 Å². The molecular weight excluding hydrogens is 414 g/mol. The van der Waals surface area contributed by atoms with Crippen molar-refractivity contribution < 1.29 is 39.3 Å². The molecule has 2 heterocycles. The Morgan fingerprint density at radius 1 is 1.29 bits per heavy atom. The fraction of sp³-hybridized carbons (Fsp3) is 0.556. The molecule has 13 nitrogen and oxygen atoms in total. The maximum absolute atomic E-state index is 12.6. The third-order valence-electron chi connectivity index (χ3n) is 4.41. The summed E-state index contributed by atoms with van der Waals surface area (Å²) in [6.07, 6.45) is 3.62. The van der Waals surface area contributed by atoms with Gasteiger partial charge in [0.2, 0.25) is 11.8 Å². The number of carbonyl (C=O) groups is 5. The van der Waals surface area contributed by atoms with Crippen molar-refractivity contribution in [3.63, 3.8) is 0 Å². The molecule has 2 amide bonds. The van der Waals surface area contributed by atoms with E-state index in [-0.39, 0.29) is 19.3 Å². The number of aromatic amines is 1. The van der Waals surface area contributed by atoms with Gasteiger partial charge in [-0.1, -0.05) is 0 Å². The Bertz CT molecular complexity index is 778. The van der Waals surface area contributed by atoms with Gasteiger partial charge in [-0.15, -0.1) is 0 Å². The van der Waals surface area contributed by atoms with Crippen LogP contribution in [-0.2, 0) is 30.4 Å². The molecule has 1 saturated heterocycles. The summed E-state index contributed by atoms with van der Waals surface area (Å²) in [5, 5.41) is 27.6. The van der Waals surface area contributed by atoms with Crippen LogP contribution in [0.15, 0.2) is 12.5 Å². The number of nitrogens with zero attached hydrogens (tertiary/aromatic N) is 2. The van der Waals surface area contributed by atoms with E-state index in [1.54, 1.807) is 6.20 Å². The first-order valence-corrected chi connectivity index (χ1v) is 9.50. The Kier molecular flexibility index (Phi) is 10.1. The van der Waals surface area contributed by atoms with E-state index < -0.39 is 47.8 Å². The van der Waals surface area contributed by atoms with Crippen molar-refractivity contribution in [3.05, 3.63) is 18.2 Å². The van der Waals surface area contributed by atoms with E-state index >= 15 is 0 Å². The smallest absolute Gasteiger partial charge is 0.326 e. The molecule has 2 rings (SSSR count). The summed E-state index contributed by atoms with van der Waals surface area (Å²) in [6, 6.07) is -3.01. The molecule has 0 aliphatic carbocycles. The summed E-state index contributed by atoms with van der Waals surface area (Å²) in [6.45, 7) is 1.43. The molecule has 1 aliphatic heterocycles. The predicted molar refractivity (Wildman–Crippen MR) is 105 cm³/mol. The molecule has 31 heavy (non-hydrogen) atoms. The van der Waals surface area contributed by atoms with Gasteiger partial charge in [-0.3, -0.25) is 19.2 Å². The number of nitrogens with one attached hydrogen (secondary N) is 2. The van der Waals surface area contributed by atoms with E-state index in [1.165, 1.54) is 11.2 Å². The Balaban J connectivity index is 0.00000110. The average molecular weight is 441 g/mol. The summed E-state index contributed by atoms with van der Waals surface area (Å²) < 4.78 is 0. The number of hydrogen-bond acceptors (Lipinski definition) is 7. The number of carboxylic acid groups (broad SMARTS) is 3. The van der Waals surface area contributed by atoms with Crippen LogP contribution in [0.3, 0.4) is 0 Å². The number of H-pyrrole nitrogens is 1. The van der Waals surface area contributed by atoms with Crippen molar-refractivity contribution in [2.24, 2.45) is 5.73 Å². The molecule has 7 N–H and O–H groups in total. The lowest BCUT2D eigenvalue weighted by atomic mass is 10.1. The number of amides is 2. The second-order valence-corrected chi connectivity index (χ2v) is 6.93. The highest BCUT2D eigenvalue weighted by molar-refractivity contribution is 5.92. The third-order valence-corrected chi connectivity index (χ3v) is 4.41. The number of carbonyl (C=O) groups excluding carboxylic acids is 2. The predicted octanol–water partition coefficient (Wildman–Crippen LogP) is -1.20. The number of aromatic nitrogens is 2. The highest BCUT2D eigenvalue weighted by Gasteiger charge is 2.37. The van der Waals surface area contributed by atoms with E-state index in [2.05, 4.69) is 15.3 Å². The second kappa shape index (κ2) is 12.3. The zero-order chi connectivity index (χ0) is 23.6. The van der Waals surface area contributed by atoms with Crippen LogP contribution < -0.4 is 11.1 Å². The van der Waals surface area contributed by atoms with Gasteiger partial charge in [-0.05, 0) is 19.3 Å². The van der Waals surface area contributed by atoms with Gasteiger partial charge < -0.3 is 36.3 Å². The monoisotopic (exact) mass is 441 g/mol. The SMILES string of the molecule is CC(=O)O.NC(Cc1cnc[nH]1)C(=O)N1CCCC1C(=O)NC(CCC(=O)O)C(=O)O. The average Bonchev–Trinajstić information content (AvgIpc) is 3.35. The normalized spacial score (nSPS) is 17.1. The van der Waals surface area contributed by atoms with Crippen LogP contribution in [0.1, 0.15) is 38.3 Å².